The molecule has 3 atom stereocenters. The van der Waals surface area contributed by atoms with E-state index in [9.17, 15) is 4.79 Å². The van der Waals surface area contributed by atoms with E-state index in [1.54, 1.807) is 11.3 Å². The van der Waals surface area contributed by atoms with Crippen LogP contribution in [0.15, 0.2) is 41.1 Å². The highest BCUT2D eigenvalue weighted by Crippen LogP contribution is 2.27. The molecule has 1 aliphatic rings. The maximum absolute atomic E-state index is 12.7. The van der Waals surface area contributed by atoms with Crippen molar-refractivity contribution in [3.63, 3.8) is 0 Å². The molecule has 2 aromatic rings. The van der Waals surface area contributed by atoms with Crippen LogP contribution in [0.2, 0.25) is 5.02 Å². The molecule has 0 bridgehead atoms. The number of rotatable bonds is 4. The maximum Gasteiger partial charge on any atom is 0.223 e. The van der Waals surface area contributed by atoms with Crippen molar-refractivity contribution in [3.8, 4) is 0 Å². The van der Waals surface area contributed by atoms with E-state index in [0.29, 0.717) is 11.1 Å². The van der Waals surface area contributed by atoms with E-state index in [-0.39, 0.29) is 30.3 Å². The number of thiophene rings is 1. The van der Waals surface area contributed by atoms with Gasteiger partial charge in [-0.15, -0.1) is 12.4 Å². The normalized spacial score (nSPS) is 21.6. The quantitative estimate of drug-likeness (QED) is 0.818. The van der Waals surface area contributed by atoms with Gasteiger partial charge in [-0.25, -0.2) is 0 Å². The van der Waals surface area contributed by atoms with Crippen LogP contribution < -0.4 is 10.6 Å². The third kappa shape index (κ3) is 4.73. The van der Waals surface area contributed by atoms with Gasteiger partial charge < -0.3 is 10.6 Å². The van der Waals surface area contributed by atoms with E-state index in [1.807, 2.05) is 29.6 Å². The Morgan fingerprint density at radius 1 is 1.29 bits per heavy atom. The molecule has 24 heavy (non-hydrogen) atoms. The van der Waals surface area contributed by atoms with Crippen LogP contribution in [0.5, 0.6) is 0 Å². The van der Waals surface area contributed by atoms with E-state index in [4.69, 9.17) is 11.6 Å². The van der Waals surface area contributed by atoms with E-state index in [2.05, 4.69) is 29.0 Å². The van der Waals surface area contributed by atoms with Gasteiger partial charge in [-0.2, -0.15) is 11.3 Å². The predicted molar refractivity (Wildman–Crippen MR) is 103 cm³/mol. The highest BCUT2D eigenvalue weighted by molar-refractivity contribution is 7.08. The molecule has 3 nitrogen and oxygen atoms in total. The van der Waals surface area contributed by atoms with Crippen LogP contribution in [0.3, 0.4) is 0 Å². The van der Waals surface area contributed by atoms with Gasteiger partial charge in [0.05, 0.1) is 6.04 Å². The Morgan fingerprint density at radius 2 is 2.04 bits per heavy atom. The summed E-state index contributed by atoms with van der Waals surface area (Å²) in [5.74, 6) is 0.226. The lowest BCUT2D eigenvalue weighted by molar-refractivity contribution is -0.126. The van der Waals surface area contributed by atoms with Crippen molar-refractivity contribution >= 4 is 41.3 Å². The fraction of sp³-hybridized carbons (Fsp3) is 0.389. The Kier molecular flexibility index (Phi) is 7.11. The van der Waals surface area contributed by atoms with Crippen molar-refractivity contribution in [1.82, 2.24) is 10.6 Å². The standard InChI is InChI=1S/C18H21ClN2OS.ClH/c1-12-10-14(6-8-20-12)18(22)21-17(15-7-9-23-11-15)13-2-4-16(19)5-3-13;/h2-5,7,9,11-12,14,17,20H,6,8,10H2,1H3,(H,21,22);1H/t12-,14-,17?;/m0./s1. The minimum atomic E-state index is -0.115. The zero-order chi connectivity index (χ0) is 16.2. The molecule has 1 unspecified atom stereocenters. The van der Waals surface area contributed by atoms with Crippen LogP contribution in [-0.2, 0) is 4.79 Å². The van der Waals surface area contributed by atoms with Crippen molar-refractivity contribution in [1.29, 1.82) is 0 Å². The molecule has 130 valence electrons. The number of hydrogen-bond donors (Lipinski definition) is 2. The van der Waals surface area contributed by atoms with Gasteiger partial charge in [0.25, 0.3) is 0 Å². The Bertz CT molecular complexity index is 646. The van der Waals surface area contributed by atoms with Crippen LogP contribution in [0.25, 0.3) is 0 Å². The number of piperidine rings is 1. The second kappa shape index (κ2) is 8.86. The highest BCUT2D eigenvalue weighted by atomic mass is 35.5. The van der Waals surface area contributed by atoms with Gasteiger partial charge in [0.1, 0.15) is 0 Å². The Balaban J connectivity index is 0.00000208. The van der Waals surface area contributed by atoms with Gasteiger partial charge in [0.2, 0.25) is 5.91 Å². The van der Waals surface area contributed by atoms with Crippen molar-refractivity contribution in [2.45, 2.75) is 31.8 Å². The Hall–Kier alpha value is -1.07. The first-order valence-corrected chi connectivity index (χ1v) is 9.27. The summed E-state index contributed by atoms with van der Waals surface area (Å²) >= 11 is 7.63. The van der Waals surface area contributed by atoms with Gasteiger partial charge >= 0.3 is 0 Å². The van der Waals surface area contributed by atoms with Crippen LogP contribution >= 0.6 is 35.3 Å². The molecule has 1 fully saturated rings. The SMILES string of the molecule is C[C@H]1C[C@@H](C(=O)NC(c2ccc(Cl)cc2)c2ccsc2)CCN1.Cl. The molecule has 1 aromatic heterocycles. The minimum absolute atomic E-state index is 0. The number of carbonyl (C=O) groups is 1. The number of carbonyl (C=O) groups excluding carboxylic acids is 1. The van der Waals surface area contributed by atoms with Gasteiger partial charge in [0.15, 0.2) is 0 Å². The number of halogens is 2. The van der Waals surface area contributed by atoms with E-state index in [1.165, 1.54) is 0 Å². The number of nitrogens with one attached hydrogen (secondary N) is 2. The van der Waals surface area contributed by atoms with Gasteiger partial charge in [-0.05, 0) is 66.4 Å². The van der Waals surface area contributed by atoms with Crippen LogP contribution in [0.1, 0.15) is 36.9 Å². The largest absolute Gasteiger partial charge is 0.345 e. The molecule has 1 aromatic carbocycles. The molecular formula is C18H22Cl2N2OS. The van der Waals surface area contributed by atoms with E-state index < -0.39 is 0 Å². The van der Waals surface area contributed by atoms with Crippen molar-refractivity contribution in [2.75, 3.05) is 6.54 Å². The second-order valence-corrected chi connectivity index (χ2v) is 7.34. The lowest BCUT2D eigenvalue weighted by Gasteiger charge is -2.29. The average Bonchev–Trinajstić information content (AvgIpc) is 3.07. The zero-order valence-electron chi connectivity index (χ0n) is 13.5. The number of benzene rings is 1. The molecule has 6 heteroatoms. The summed E-state index contributed by atoms with van der Waals surface area (Å²) in [6.07, 6.45) is 1.79. The summed E-state index contributed by atoms with van der Waals surface area (Å²) in [4.78, 5) is 12.7. The Morgan fingerprint density at radius 3 is 2.67 bits per heavy atom. The molecule has 3 rings (SSSR count). The summed E-state index contributed by atoms with van der Waals surface area (Å²) in [5, 5.41) is 11.5. The second-order valence-electron chi connectivity index (χ2n) is 6.13. The third-order valence-corrected chi connectivity index (χ3v) is 5.31. The predicted octanol–water partition coefficient (Wildman–Crippen LogP) is 4.42. The van der Waals surface area contributed by atoms with E-state index in [0.717, 1.165) is 30.5 Å². The summed E-state index contributed by atoms with van der Waals surface area (Å²) in [7, 11) is 0. The summed E-state index contributed by atoms with van der Waals surface area (Å²) < 4.78 is 0. The van der Waals surface area contributed by atoms with Crippen LogP contribution in [-0.4, -0.2) is 18.5 Å². The van der Waals surface area contributed by atoms with Gasteiger partial charge in [-0.3, -0.25) is 4.79 Å². The maximum atomic E-state index is 12.7. The molecule has 0 aliphatic carbocycles. The van der Waals surface area contributed by atoms with Crippen LogP contribution in [0, 0.1) is 5.92 Å². The molecule has 1 saturated heterocycles. The first kappa shape index (κ1) is 19.3. The third-order valence-electron chi connectivity index (χ3n) is 4.36. The zero-order valence-corrected chi connectivity index (χ0v) is 15.9. The van der Waals surface area contributed by atoms with Crippen molar-refractivity contribution in [3.05, 3.63) is 57.2 Å². The number of amides is 1. The highest BCUT2D eigenvalue weighted by Gasteiger charge is 2.27. The summed E-state index contributed by atoms with van der Waals surface area (Å²) in [6.45, 7) is 3.04. The lowest BCUT2D eigenvalue weighted by Crippen LogP contribution is -2.43. The summed E-state index contributed by atoms with van der Waals surface area (Å²) in [6, 6.07) is 10.1. The van der Waals surface area contributed by atoms with Gasteiger partial charge in [0, 0.05) is 17.0 Å². The van der Waals surface area contributed by atoms with Gasteiger partial charge in [-0.1, -0.05) is 23.7 Å². The molecule has 1 amide bonds. The summed E-state index contributed by atoms with van der Waals surface area (Å²) in [5.41, 5.74) is 2.18. The van der Waals surface area contributed by atoms with Crippen LogP contribution in [0.4, 0.5) is 0 Å². The first-order valence-electron chi connectivity index (χ1n) is 7.95. The average molecular weight is 385 g/mol. The monoisotopic (exact) mass is 384 g/mol. The smallest absolute Gasteiger partial charge is 0.223 e. The first-order chi connectivity index (χ1) is 11.1. The van der Waals surface area contributed by atoms with Crippen molar-refractivity contribution < 1.29 is 4.79 Å². The molecule has 0 saturated carbocycles. The molecule has 2 N–H and O–H groups in total. The lowest BCUT2D eigenvalue weighted by atomic mass is 9.91. The topological polar surface area (TPSA) is 41.1 Å². The fourth-order valence-corrected chi connectivity index (χ4v) is 3.90. The van der Waals surface area contributed by atoms with Crippen molar-refractivity contribution in [2.24, 2.45) is 5.92 Å². The Labute approximate surface area is 158 Å². The molecule has 0 radical (unpaired) electrons. The molecule has 1 aliphatic heterocycles. The fourth-order valence-electron chi connectivity index (χ4n) is 3.08. The molecular weight excluding hydrogens is 363 g/mol. The minimum Gasteiger partial charge on any atom is -0.345 e. The number of hydrogen-bond acceptors (Lipinski definition) is 3. The molecule has 0 spiro atoms. The van der Waals surface area contributed by atoms with E-state index >= 15 is 0 Å². The molecule has 2 heterocycles.